The highest BCUT2D eigenvalue weighted by Gasteiger charge is 2.26. The van der Waals surface area contributed by atoms with Gasteiger partial charge in [-0.2, -0.15) is 4.31 Å². The number of aromatic nitrogens is 1. The highest BCUT2D eigenvalue weighted by Crippen LogP contribution is 2.16. The van der Waals surface area contributed by atoms with Gasteiger partial charge in [-0.25, -0.2) is 8.42 Å². The Hall–Kier alpha value is -1.96. The highest BCUT2D eigenvalue weighted by molar-refractivity contribution is 7.89. The van der Waals surface area contributed by atoms with Crippen LogP contribution in [-0.2, 0) is 21.3 Å². The Morgan fingerprint density at radius 1 is 1.12 bits per heavy atom. The van der Waals surface area contributed by atoms with Crippen molar-refractivity contribution in [3.8, 4) is 0 Å². The smallest absolute Gasteiger partial charge is 0.250 e. The Morgan fingerprint density at radius 2 is 1.88 bits per heavy atom. The van der Waals surface area contributed by atoms with Crippen LogP contribution in [0.3, 0.4) is 0 Å². The molecule has 3 rings (SSSR count). The zero-order valence-electron chi connectivity index (χ0n) is 13.5. The molecule has 2 heterocycles. The van der Waals surface area contributed by atoms with Crippen LogP contribution < -0.4 is 5.56 Å². The predicted molar refractivity (Wildman–Crippen MR) is 90.6 cm³/mol. The average Bonchev–Trinajstić information content (AvgIpc) is 2.57. The Kier molecular flexibility index (Phi) is 4.84. The number of ether oxygens (including phenoxy) is 1. The van der Waals surface area contributed by atoms with Gasteiger partial charge < -0.3 is 9.30 Å². The molecular formula is C17H20N2O4S. The van der Waals surface area contributed by atoms with Crippen molar-refractivity contribution in [3.63, 3.8) is 0 Å². The molecule has 1 aromatic heterocycles. The second-order valence-corrected chi connectivity index (χ2v) is 7.77. The van der Waals surface area contributed by atoms with Crippen molar-refractivity contribution in [3.05, 3.63) is 64.1 Å². The molecule has 1 aliphatic heterocycles. The first-order chi connectivity index (χ1) is 11.5. The van der Waals surface area contributed by atoms with E-state index in [0.717, 1.165) is 11.1 Å². The van der Waals surface area contributed by atoms with Gasteiger partial charge in [0.05, 0.1) is 24.7 Å². The first-order valence-electron chi connectivity index (χ1n) is 7.81. The van der Waals surface area contributed by atoms with E-state index in [1.165, 1.54) is 27.2 Å². The molecule has 0 amide bonds. The molecule has 1 aliphatic rings. The first-order valence-corrected chi connectivity index (χ1v) is 9.25. The number of sulfonamides is 1. The van der Waals surface area contributed by atoms with Gasteiger partial charge in [-0.1, -0.05) is 29.8 Å². The summed E-state index contributed by atoms with van der Waals surface area (Å²) in [4.78, 5) is 12.2. The first kappa shape index (κ1) is 16.9. The minimum atomic E-state index is -3.61. The van der Waals surface area contributed by atoms with E-state index in [0.29, 0.717) is 32.8 Å². The number of aryl methyl sites for hydroxylation is 1. The summed E-state index contributed by atoms with van der Waals surface area (Å²) < 4.78 is 33.5. The number of hydrogen-bond donors (Lipinski definition) is 0. The van der Waals surface area contributed by atoms with E-state index < -0.39 is 10.0 Å². The molecule has 1 aromatic carbocycles. The van der Waals surface area contributed by atoms with Crippen molar-refractivity contribution < 1.29 is 13.2 Å². The quantitative estimate of drug-likeness (QED) is 0.833. The minimum absolute atomic E-state index is 0.136. The molecule has 0 N–H and O–H groups in total. The lowest BCUT2D eigenvalue weighted by molar-refractivity contribution is 0.0730. The monoisotopic (exact) mass is 348 g/mol. The summed E-state index contributed by atoms with van der Waals surface area (Å²) in [5.41, 5.74) is 1.83. The fourth-order valence-electron chi connectivity index (χ4n) is 2.73. The molecule has 0 saturated carbocycles. The van der Waals surface area contributed by atoms with Crippen LogP contribution >= 0.6 is 0 Å². The van der Waals surface area contributed by atoms with Gasteiger partial charge in [0, 0.05) is 25.4 Å². The van der Waals surface area contributed by atoms with Crippen LogP contribution in [0.25, 0.3) is 0 Å². The minimum Gasteiger partial charge on any atom is -0.379 e. The van der Waals surface area contributed by atoms with E-state index in [1.54, 1.807) is 0 Å². The topological polar surface area (TPSA) is 68.6 Å². The van der Waals surface area contributed by atoms with Gasteiger partial charge >= 0.3 is 0 Å². The number of pyridine rings is 1. The van der Waals surface area contributed by atoms with Crippen LogP contribution in [0.4, 0.5) is 0 Å². The van der Waals surface area contributed by atoms with Gasteiger partial charge in [0.25, 0.3) is 5.56 Å². The molecule has 6 nitrogen and oxygen atoms in total. The van der Waals surface area contributed by atoms with Crippen molar-refractivity contribution in [2.75, 3.05) is 26.3 Å². The second kappa shape index (κ2) is 6.88. The van der Waals surface area contributed by atoms with Gasteiger partial charge in [-0.15, -0.1) is 0 Å². The fourth-order valence-corrected chi connectivity index (χ4v) is 4.16. The molecule has 0 radical (unpaired) electrons. The third-order valence-corrected chi connectivity index (χ3v) is 5.88. The van der Waals surface area contributed by atoms with E-state index in [2.05, 4.69) is 0 Å². The molecule has 1 saturated heterocycles. The second-order valence-electron chi connectivity index (χ2n) is 5.84. The van der Waals surface area contributed by atoms with E-state index in [1.807, 2.05) is 31.2 Å². The Bertz CT molecular complexity index is 883. The van der Waals surface area contributed by atoms with Crippen molar-refractivity contribution in [2.45, 2.75) is 18.4 Å². The third kappa shape index (κ3) is 3.58. The van der Waals surface area contributed by atoms with Gasteiger partial charge in [-0.3, -0.25) is 4.79 Å². The van der Waals surface area contributed by atoms with Crippen LogP contribution in [-0.4, -0.2) is 43.6 Å². The van der Waals surface area contributed by atoms with Crippen LogP contribution in [0.5, 0.6) is 0 Å². The zero-order valence-corrected chi connectivity index (χ0v) is 14.3. The standard InChI is InChI=1S/C17H20N2O4S/c1-14-3-2-4-15(11-14)12-18-13-16(5-6-17(18)20)24(21,22)19-7-9-23-10-8-19/h2-6,11,13H,7-10,12H2,1H3. The number of benzene rings is 1. The number of rotatable bonds is 4. The molecule has 1 fully saturated rings. The largest absolute Gasteiger partial charge is 0.379 e. The van der Waals surface area contributed by atoms with E-state index in [9.17, 15) is 13.2 Å². The Balaban J connectivity index is 1.92. The average molecular weight is 348 g/mol. The van der Waals surface area contributed by atoms with Crippen molar-refractivity contribution in [1.29, 1.82) is 0 Å². The molecule has 24 heavy (non-hydrogen) atoms. The highest BCUT2D eigenvalue weighted by atomic mass is 32.2. The van der Waals surface area contributed by atoms with Gasteiger partial charge in [0.1, 0.15) is 0 Å². The summed E-state index contributed by atoms with van der Waals surface area (Å²) in [5.74, 6) is 0. The van der Waals surface area contributed by atoms with Gasteiger partial charge in [-0.05, 0) is 18.6 Å². The van der Waals surface area contributed by atoms with Gasteiger partial charge in [0.15, 0.2) is 0 Å². The summed E-state index contributed by atoms with van der Waals surface area (Å²) in [5, 5.41) is 0. The lowest BCUT2D eigenvalue weighted by Crippen LogP contribution is -2.41. The molecule has 0 spiro atoms. The summed E-state index contributed by atoms with van der Waals surface area (Å²) in [6.45, 7) is 3.77. The number of nitrogens with zero attached hydrogens (tertiary/aromatic N) is 2. The molecule has 0 bridgehead atoms. The lowest BCUT2D eigenvalue weighted by Gasteiger charge is -2.26. The predicted octanol–water partition coefficient (Wildman–Crippen LogP) is 1.23. The van der Waals surface area contributed by atoms with E-state index in [4.69, 9.17) is 4.74 Å². The van der Waals surface area contributed by atoms with Crippen LogP contribution in [0.2, 0.25) is 0 Å². The molecular weight excluding hydrogens is 328 g/mol. The molecule has 2 aromatic rings. The normalized spacial score (nSPS) is 16.2. The maximum absolute atomic E-state index is 12.7. The van der Waals surface area contributed by atoms with Gasteiger partial charge in [0.2, 0.25) is 10.0 Å². The maximum Gasteiger partial charge on any atom is 0.250 e. The summed E-state index contributed by atoms with van der Waals surface area (Å²) in [7, 11) is -3.61. The Morgan fingerprint density at radius 3 is 2.58 bits per heavy atom. The van der Waals surface area contributed by atoms with Crippen LogP contribution in [0.15, 0.2) is 52.3 Å². The SMILES string of the molecule is Cc1cccc(Cn2cc(S(=O)(=O)N3CCOCC3)ccc2=O)c1. The Labute approximate surface area is 141 Å². The number of hydrogen-bond acceptors (Lipinski definition) is 4. The third-order valence-electron chi connectivity index (χ3n) is 4.00. The van der Waals surface area contributed by atoms with E-state index >= 15 is 0 Å². The van der Waals surface area contributed by atoms with E-state index in [-0.39, 0.29) is 10.5 Å². The van der Waals surface area contributed by atoms with Crippen molar-refractivity contribution in [2.24, 2.45) is 0 Å². The van der Waals surface area contributed by atoms with Crippen molar-refractivity contribution >= 4 is 10.0 Å². The van der Waals surface area contributed by atoms with Crippen molar-refractivity contribution in [1.82, 2.24) is 8.87 Å². The lowest BCUT2D eigenvalue weighted by atomic mass is 10.1. The van der Waals surface area contributed by atoms with Crippen LogP contribution in [0, 0.1) is 6.92 Å². The summed E-state index contributed by atoms with van der Waals surface area (Å²) in [6, 6.07) is 10.5. The summed E-state index contributed by atoms with van der Waals surface area (Å²) >= 11 is 0. The molecule has 0 atom stereocenters. The molecule has 0 unspecified atom stereocenters. The maximum atomic E-state index is 12.7. The number of morpholine rings is 1. The molecule has 128 valence electrons. The van der Waals surface area contributed by atoms with Crippen LogP contribution in [0.1, 0.15) is 11.1 Å². The summed E-state index contributed by atoms with van der Waals surface area (Å²) in [6.07, 6.45) is 1.43. The molecule has 7 heteroatoms. The fraction of sp³-hybridized carbons (Fsp3) is 0.353. The zero-order chi connectivity index (χ0) is 17.2. The molecule has 0 aliphatic carbocycles.